The second-order valence-electron chi connectivity index (χ2n) is 4.31. The van der Waals surface area contributed by atoms with Crippen molar-refractivity contribution >= 4 is 11.8 Å². The van der Waals surface area contributed by atoms with Gasteiger partial charge in [0.1, 0.15) is 6.04 Å². The summed E-state index contributed by atoms with van der Waals surface area (Å²) in [5.74, 6) is -0.277. The molecule has 0 heterocycles. The number of carbonyl (C=O) groups is 2. The molecule has 0 aliphatic rings. The number of carbonyl (C=O) groups excluding carboxylic acids is 2. The van der Waals surface area contributed by atoms with Gasteiger partial charge in [-0.25, -0.2) is 0 Å². The second-order valence-corrected chi connectivity index (χ2v) is 4.31. The summed E-state index contributed by atoms with van der Waals surface area (Å²) in [5.41, 5.74) is 0. The highest BCUT2D eigenvalue weighted by Crippen LogP contribution is 2.03. The molecule has 0 rings (SSSR count). The van der Waals surface area contributed by atoms with Crippen LogP contribution in [0.25, 0.3) is 0 Å². The molecule has 0 aliphatic carbocycles. The Balaban J connectivity index is 3.77. The normalized spacial score (nSPS) is 14.4. The molecule has 5 nitrogen and oxygen atoms in total. The smallest absolute Gasteiger partial charge is 0.242 e. The Morgan fingerprint density at radius 1 is 1.25 bits per heavy atom. The first-order valence-electron chi connectivity index (χ1n) is 5.57. The largest absolute Gasteiger partial charge is 0.393 e. The van der Waals surface area contributed by atoms with E-state index in [-0.39, 0.29) is 17.7 Å². The predicted octanol–water partition coefficient (Wildman–Crippen LogP) is 0.0342. The fraction of sp³-hybridized carbons (Fsp3) is 0.818. The summed E-state index contributed by atoms with van der Waals surface area (Å²) >= 11 is 0. The van der Waals surface area contributed by atoms with Crippen LogP contribution in [0.4, 0.5) is 0 Å². The van der Waals surface area contributed by atoms with Gasteiger partial charge in [0.25, 0.3) is 0 Å². The Morgan fingerprint density at radius 3 is 2.25 bits per heavy atom. The zero-order valence-electron chi connectivity index (χ0n) is 10.4. The van der Waals surface area contributed by atoms with Crippen molar-refractivity contribution in [2.45, 2.75) is 46.3 Å². The Bertz CT molecular complexity index is 241. The van der Waals surface area contributed by atoms with Gasteiger partial charge in [-0.2, -0.15) is 0 Å². The summed E-state index contributed by atoms with van der Waals surface area (Å²) < 4.78 is 0. The molecule has 94 valence electrons. The topological polar surface area (TPSA) is 78.4 Å². The van der Waals surface area contributed by atoms with Gasteiger partial charge < -0.3 is 15.7 Å². The van der Waals surface area contributed by atoms with Crippen molar-refractivity contribution in [2.75, 3.05) is 6.54 Å². The van der Waals surface area contributed by atoms with E-state index in [0.29, 0.717) is 13.0 Å². The Hall–Kier alpha value is -1.10. The molecule has 2 unspecified atom stereocenters. The van der Waals surface area contributed by atoms with Gasteiger partial charge in [0.15, 0.2) is 0 Å². The van der Waals surface area contributed by atoms with E-state index in [0.717, 1.165) is 0 Å². The van der Waals surface area contributed by atoms with Gasteiger partial charge in [0, 0.05) is 13.5 Å². The molecule has 5 heteroatoms. The highest BCUT2D eigenvalue weighted by molar-refractivity contribution is 5.86. The number of aliphatic hydroxyl groups excluding tert-OH is 1. The van der Waals surface area contributed by atoms with Crippen molar-refractivity contribution in [1.29, 1.82) is 0 Å². The highest BCUT2D eigenvalue weighted by atomic mass is 16.3. The van der Waals surface area contributed by atoms with Crippen molar-refractivity contribution in [2.24, 2.45) is 5.92 Å². The van der Waals surface area contributed by atoms with Gasteiger partial charge in [-0.1, -0.05) is 13.8 Å². The third kappa shape index (κ3) is 6.40. The molecule has 0 spiro atoms. The van der Waals surface area contributed by atoms with Crippen LogP contribution < -0.4 is 10.6 Å². The maximum absolute atomic E-state index is 11.4. The average Bonchev–Trinajstić information content (AvgIpc) is 2.15. The first-order valence-corrected chi connectivity index (χ1v) is 5.57. The van der Waals surface area contributed by atoms with Crippen LogP contribution in [0, 0.1) is 5.92 Å². The van der Waals surface area contributed by atoms with E-state index in [1.807, 2.05) is 13.8 Å². The standard InChI is InChI=1S/C11H22N2O3/c1-7(2)10(15)5-6-12-11(16)8(3)13-9(4)14/h7-8,10,15H,5-6H2,1-4H3,(H,12,16)(H,13,14). The van der Waals surface area contributed by atoms with Crippen molar-refractivity contribution in [3.63, 3.8) is 0 Å². The first-order chi connectivity index (χ1) is 7.34. The molecule has 3 N–H and O–H groups in total. The summed E-state index contributed by atoms with van der Waals surface area (Å²) in [5, 5.41) is 14.7. The number of rotatable bonds is 6. The molecule has 0 aliphatic heterocycles. The summed E-state index contributed by atoms with van der Waals surface area (Å²) in [6, 6.07) is -0.534. The first kappa shape index (κ1) is 14.9. The van der Waals surface area contributed by atoms with E-state index >= 15 is 0 Å². The minimum atomic E-state index is -0.534. The highest BCUT2D eigenvalue weighted by Gasteiger charge is 2.14. The second kappa shape index (κ2) is 7.22. The van der Waals surface area contributed by atoms with Crippen LogP contribution in [-0.2, 0) is 9.59 Å². The zero-order chi connectivity index (χ0) is 12.7. The number of hydrogen-bond acceptors (Lipinski definition) is 3. The quantitative estimate of drug-likeness (QED) is 0.602. The Labute approximate surface area is 96.6 Å². The minimum Gasteiger partial charge on any atom is -0.393 e. The zero-order valence-corrected chi connectivity index (χ0v) is 10.4. The molecule has 0 saturated carbocycles. The molecule has 0 aromatic carbocycles. The summed E-state index contributed by atoms with van der Waals surface area (Å²) in [4.78, 5) is 22.1. The predicted molar refractivity (Wildman–Crippen MR) is 61.8 cm³/mol. The van der Waals surface area contributed by atoms with Gasteiger partial charge in [0.2, 0.25) is 11.8 Å². The van der Waals surface area contributed by atoms with Gasteiger partial charge in [0.05, 0.1) is 6.10 Å². The maximum Gasteiger partial charge on any atom is 0.242 e. The molecule has 2 amide bonds. The molecule has 16 heavy (non-hydrogen) atoms. The van der Waals surface area contributed by atoms with Gasteiger partial charge in [-0.3, -0.25) is 9.59 Å². The Morgan fingerprint density at radius 2 is 1.81 bits per heavy atom. The summed E-state index contributed by atoms with van der Waals surface area (Å²) in [6.45, 7) is 7.25. The monoisotopic (exact) mass is 230 g/mol. The molecule has 0 saturated heterocycles. The lowest BCUT2D eigenvalue weighted by atomic mass is 10.0. The number of aliphatic hydroxyl groups is 1. The lowest BCUT2D eigenvalue weighted by Gasteiger charge is -2.16. The number of nitrogens with one attached hydrogen (secondary N) is 2. The van der Waals surface area contributed by atoms with E-state index in [2.05, 4.69) is 10.6 Å². The molecule has 0 fully saturated rings. The van der Waals surface area contributed by atoms with Gasteiger partial charge in [-0.05, 0) is 19.3 Å². The van der Waals surface area contributed by atoms with Gasteiger partial charge >= 0.3 is 0 Å². The van der Waals surface area contributed by atoms with E-state index < -0.39 is 12.1 Å². The number of amides is 2. The van der Waals surface area contributed by atoms with E-state index in [1.54, 1.807) is 6.92 Å². The van der Waals surface area contributed by atoms with Crippen LogP contribution in [-0.4, -0.2) is 35.6 Å². The molecular weight excluding hydrogens is 208 g/mol. The van der Waals surface area contributed by atoms with Crippen LogP contribution in [0.1, 0.15) is 34.1 Å². The summed E-state index contributed by atoms with van der Waals surface area (Å²) in [6.07, 6.45) is 0.118. The van der Waals surface area contributed by atoms with Crippen molar-refractivity contribution in [3.05, 3.63) is 0 Å². The molecule has 0 aromatic rings. The van der Waals surface area contributed by atoms with Crippen molar-refractivity contribution in [3.8, 4) is 0 Å². The van der Waals surface area contributed by atoms with Crippen LogP contribution in [0.2, 0.25) is 0 Å². The molecular formula is C11H22N2O3. The van der Waals surface area contributed by atoms with Crippen LogP contribution in [0.5, 0.6) is 0 Å². The Kier molecular flexibility index (Phi) is 6.72. The molecule has 0 bridgehead atoms. The summed E-state index contributed by atoms with van der Waals surface area (Å²) in [7, 11) is 0. The van der Waals surface area contributed by atoms with Crippen LogP contribution >= 0.6 is 0 Å². The fourth-order valence-corrected chi connectivity index (χ4v) is 1.20. The van der Waals surface area contributed by atoms with Crippen molar-refractivity contribution < 1.29 is 14.7 Å². The molecule has 2 atom stereocenters. The van der Waals surface area contributed by atoms with Gasteiger partial charge in [-0.15, -0.1) is 0 Å². The SMILES string of the molecule is CC(=O)NC(C)C(=O)NCCC(O)C(C)C. The third-order valence-corrected chi connectivity index (χ3v) is 2.32. The fourth-order valence-electron chi connectivity index (χ4n) is 1.20. The van der Waals surface area contributed by atoms with E-state index in [9.17, 15) is 14.7 Å². The maximum atomic E-state index is 11.4. The third-order valence-electron chi connectivity index (χ3n) is 2.32. The molecule has 0 aromatic heterocycles. The van der Waals surface area contributed by atoms with E-state index in [4.69, 9.17) is 0 Å². The van der Waals surface area contributed by atoms with Crippen LogP contribution in [0.3, 0.4) is 0 Å². The lowest BCUT2D eigenvalue weighted by Crippen LogP contribution is -2.44. The van der Waals surface area contributed by atoms with Crippen molar-refractivity contribution in [1.82, 2.24) is 10.6 Å². The van der Waals surface area contributed by atoms with E-state index in [1.165, 1.54) is 6.92 Å². The minimum absolute atomic E-state index is 0.185. The average molecular weight is 230 g/mol. The lowest BCUT2D eigenvalue weighted by molar-refractivity contribution is -0.127. The van der Waals surface area contributed by atoms with Crippen LogP contribution in [0.15, 0.2) is 0 Å². The molecule has 0 radical (unpaired) electrons. The number of hydrogen-bond donors (Lipinski definition) is 3.